The second-order valence-corrected chi connectivity index (χ2v) is 3.98. The number of ether oxygens (including phenoxy) is 1. The molecule has 90 valence electrons. The van der Waals surface area contributed by atoms with Crippen LogP contribution in [-0.4, -0.2) is 23.6 Å². The lowest BCUT2D eigenvalue weighted by molar-refractivity contribution is -0.138. The van der Waals surface area contributed by atoms with Crippen molar-refractivity contribution in [1.29, 1.82) is 0 Å². The molecular weight excluding hydrogens is 216 g/mol. The van der Waals surface area contributed by atoms with Gasteiger partial charge in [-0.15, -0.1) is 0 Å². The largest absolute Gasteiger partial charge is 0.461 e. The number of rotatable bonds is 3. The summed E-state index contributed by atoms with van der Waals surface area (Å²) in [6, 6.07) is 0. The molecule has 1 N–H and O–H groups in total. The summed E-state index contributed by atoms with van der Waals surface area (Å²) >= 11 is 0. The summed E-state index contributed by atoms with van der Waals surface area (Å²) in [5.74, 6) is -0.323. The molecule has 2 rings (SSSR count). The Hall–Kier alpha value is -1.97. The minimum Gasteiger partial charge on any atom is -0.461 e. The smallest absolute Gasteiger partial charge is 0.356 e. The molecule has 1 atom stereocenters. The van der Waals surface area contributed by atoms with Crippen LogP contribution in [-0.2, 0) is 9.53 Å². The minimum atomic E-state index is -0.323. The summed E-state index contributed by atoms with van der Waals surface area (Å²) in [7, 11) is 0. The van der Waals surface area contributed by atoms with Crippen LogP contribution in [0.5, 0.6) is 0 Å². The fourth-order valence-electron chi connectivity index (χ4n) is 1.90. The zero-order valence-electron chi connectivity index (χ0n) is 10.1. The molecule has 0 radical (unpaired) electrons. The summed E-state index contributed by atoms with van der Waals surface area (Å²) in [5, 5.41) is 3.15. The lowest BCUT2D eigenvalue weighted by Crippen LogP contribution is -2.36. The Morgan fingerprint density at radius 3 is 3.00 bits per heavy atom. The summed E-state index contributed by atoms with van der Waals surface area (Å²) in [6.07, 6.45) is 7.56. The molecule has 0 aromatic carbocycles. The number of esters is 1. The van der Waals surface area contributed by atoms with Gasteiger partial charge in [-0.1, -0.05) is 12.7 Å². The number of hydrogen-bond acceptors (Lipinski definition) is 4. The van der Waals surface area contributed by atoms with Gasteiger partial charge in [-0.05, 0) is 31.6 Å². The third kappa shape index (κ3) is 1.98. The molecule has 0 aromatic heterocycles. The average Bonchev–Trinajstić information content (AvgIpc) is 2.69. The number of fused-ring (bicyclic) bond motifs is 1. The van der Waals surface area contributed by atoms with Crippen molar-refractivity contribution in [3.8, 4) is 0 Å². The van der Waals surface area contributed by atoms with Crippen LogP contribution in [0.3, 0.4) is 0 Å². The Labute approximate surface area is 101 Å². The second-order valence-electron chi connectivity index (χ2n) is 3.98. The van der Waals surface area contributed by atoms with Gasteiger partial charge in [0.2, 0.25) is 0 Å². The Kier molecular flexibility index (Phi) is 3.04. The van der Waals surface area contributed by atoms with Crippen LogP contribution in [0.25, 0.3) is 0 Å². The first kappa shape index (κ1) is 11.5. The number of nitrogens with zero attached hydrogens (tertiary/aromatic N) is 1. The van der Waals surface area contributed by atoms with E-state index in [2.05, 4.69) is 11.9 Å². The Balaban J connectivity index is 2.32. The quantitative estimate of drug-likeness (QED) is 0.593. The Bertz CT molecular complexity index is 446. The van der Waals surface area contributed by atoms with Crippen LogP contribution < -0.4 is 5.32 Å². The SMILES string of the molecule is C=C(C)C1NC(C(=O)OCC)=C2C=CC=CN21. The average molecular weight is 232 g/mol. The van der Waals surface area contributed by atoms with Crippen molar-refractivity contribution in [1.82, 2.24) is 10.2 Å². The lowest BCUT2D eigenvalue weighted by atomic mass is 10.2. The first-order valence-corrected chi connectivity index (χ1v) is 5.61. The van der Waals surface area contributed by atoms with Crippen molar-refractivity contribution in [2.24, 2.45) is 0 Å². The summed E-state index contributed by atoms with van der Waals surface area (Å²) < 4.78 is 5.03. The van der Waals surface area contributed by atoms with Crippen molar-refractivity contribution >= 4 is 5.97 Å². The number of allylic oxidation sites excluding steroid dienone is 3. The highest BCUT2D eigenvalue weighted by Crippen LogP contribution is 2.28. The highest BCUT2D eigenvalue weighted by molar-refractivity contribution is 5.90. The molecule has 2 aliphatic rings. The molecule has 0 spiro atoms. The molecule has 0 saturated carbocycles. The lowest BCUT2D eigenvalue weighted by Gasteiger charge is -2.25. The highest BCUT2D eigenvalue weighted by Gasteiger charge is 2.33. The van der Waals surface area contributed by atoms with Gasteiger partial charge in [0.1, 0.15) is 11.9 Å². The maximum absolute atomic E-state index is 11.8. The highest BCUT2D eigenvalue weighted by atomic mass is 16.5. The fourth-order valence-corrected chi connectivity index (χ4v) is 1.90. The van der Waals surface area contributed by atoms with E-state index in [-0.39, 0.29) is 12.1 Å². The van der Waals surface area contributed by atoms with E-state index in [0.29, 0.717) is 12.3 Å². The van der Waals surface area contributed by atoms with Crippen molar-refractivity contribution in [2.45, 2.75) is 20.0 Å². The number of carbonyl (C=O) groups is 1. The van der Waals surface area contributed by atoms with Crippen LogP contribution >= 0.6 is 0 Å². The molecule has 0 aliphatic carbocycles. The topological polar surface area (TPSA) is 41.6 Å². The molecule has 2 aliphatic heterocycles. The van der Waals surface area contributed by atoms with Crippen LogP contribution in [0.2, 0.25) is 0 Å². The molecule has 0 saturated heterocycles. The molecule has 1 unspecified atom stereocenters. The standard InChI is InChI=1S/C13H16N2O2/c1-4-17-13(16)11-10-7-5-6-8-15(10)12(14-11)9(2)3/h5-8,12,14H,2,4H2,1,3H3. The molecule has 0 fully saturated rings. The normalized spacial score (nSPS) is 21.3. The predicted octanol–water partition coefficient (Wildman–Crippen LogP) is 1.65. The van der Waals surface area contributed by atoms with Crippen molar-refractivity contribution in [2.75, 3.05) is 6.61 Å². The molecule has 2 heterocycles. The maximum atomic E-state index is 11.8. The van der Waals surface area contributed by atoms with E-state index < -0.39 is 0 Å². The van der Waals surface area contributed by atoms with Crippen molar-refractivity contribution in [3.05, 3.63) is 48.0 Å². The Morgan fingerprint density at radius 1 is 1.59 bits per heavy atom. The van der Waals surface area contributed by atoms with E-state index in [0.717, 1.165) is 11.3 Å². The van der Waals surface area contributed by atoms with Gasteiger partial charge in [-0.2, -0.15) is 0 Å². The first-order valence-electron chi connectivity index (χ1n) is 5.61. The van der Waals surface area contributed by atoms with Gasteiger partial charge in [-0.25, -0.2) is 4.79 Å². The molecule has 17 heavy (non-hydrogen) atoms. The van der Waals surface area contributed by atoms with Crippen LogP contribution in [0.15, 0.2) is 48.0 Å². The summed E-state index contributed by atoms with van der Waals surface area (Å²) in [6.45, 7) is 8.02. The summed E-state index contributed by atoms with van der Waals surface area (Å²) in [5.41, 5.74) is 2.28. The molecular formula is C13H16N2O2. The number of nitrogens with one attached hydrogen (secondary N) is 1. The zero-order chi connectivity index (χ0) is 12.4. The third-order valence-electron chi connectivity index (χ3n) is 2.65. The molecule has 0 bridgehead atoms. The third-order valence-corrected chi connectivity index (χ3v) is 2.65. The minimum absolute atomic E-state index is 0.0781. The van der Waals surface area contributed by atoms with E-state index in [1.165, 1.54) is 0 Å². The van der Waals surface area contributed by atoms with Gasteiger partial charge >= 0.3 is 5.97 Å². The van der Waals surface area contributed by atoms with Crippen molar-refractivity contribution in [3.63, 3.8) is 0 Å². The number of carbonyl (C=O) groups excluding carboxylic acids is 1. The molecule has 4 heteroatoms. The van der Waals surface area contributed by atoms with Gasteiger partial charge < -0.3 is 15.0 Å². The predicted molar refractivity (Wildman–Crippen MR) is 65.5 cm³/mol. The van der Waals surface area contributed by atoms with Crippen molar-refractivity contribution < 1.29 is 9.53 Å². The van der Waals surface area contributed by atoms with Crippen LogP contribution in [0.1, 0.15) is 13.8 Å². The molecule has 0 amide bonds. The van der Waals surface area contributed by atoms with E-state index in [4.69, 9.17) is 4.74 Å². The Morgan fingerprint density at radius 2 is 2.35 bits per heavy atom. The monoisotopic (exact) mass is 232 g/mol. The van der Waals surface area contributed by atoms with Crippen LogP contribution in [0, 0.1) is 0 Å². The van der Waals surface area contributed by atoms with E-state index in [1.54, 1.807) is 6.92 Å². The molecule has 0 aromatic rings. The second kappa shape index (κ2) is 4.49. The molecule has 4 nitrogen and oxygen atoms in total. The number of hydrogen-bond donors (Lipinski definition) is 1. The van der Waals surface area contributed by atoms with E-state index in [9.17, 15) is 4.79 Å². The zero-order valence-corrected chi connectivity index (χ0v) is 10.1. The van der Waals surface area contributed by atoms with Gasteiger partial charge in [-0.3, -0.25) is 0 Å². The van der Waals surface area contributed by atoms with E-state index >= 15 is 0 Å². The van der Waals surface area contributed by atoms with Gasteiger partial charge in [0.25, 0.3) is 0 Å². The summed E-state index contributed by atoms with van der Waals surface area (Å²) in [4.78, 5) is 13.8. The fraction of sp³-hybridized carbons (Fsp3) is 0.308. The van der Waals surface area contributed by atoms with Gasteiger partial charge in [0, 0.05) is 6.20 Å². The van der Waals surface area contributed by atoms with Gasteiger partial charge in [0.15, 0.2) is 0 Å². The van der Waals surface area contributed by atoms with Crippen LogP contribution in [0.4, 0.5) is 0 Å². The first-order chi connectivity index (χ1) is 8.15. The maximum Gasteiger partial charge on any atom is 0.356 e. The van der Waals surface area contributed by atoms with Gasteiger partial charge in [0.05, 0.1) is 12.3 Å². The van der Waals surface area contributed by atoms with E-state index in [1.807, 2.05) is 36.3 Å².